The Morgan fingerprint density at radius 1 is 1.40 bits per heavy atom. The average Bonchev–Trinajstić information content (AvgIpc) is 1.78. The largest absolute Gasteiger partial charge is 0.330 e. The van der Waals surface area contributed by atoms with E-state index in [2.05, 4.69) is 5.32 Å². The topological polar surface area (TPSA) is 90.1 Å². The van der Waals surface area contributed by atoms with Crippen LogP contribution in [0.5, 0.6) is 0 Å². The molecule has 7 N–H and O–H groups in total. The van der Waals surface area contributed by atoms with Crippen LogP contribution in [0.25, 0.3) is 0 Å². The highest BCUT2D eigenvalue weighted by Crippen LogP contribution is 1.82. The van der Waals surface area contributed by atoms with E-state index in [9.17, 15) is 0 Å². The summed E-state index contributed by atoms with van der Waals surface area (Å²) in [5.74, 6) is 0. The lowest BCUT2D eigenvalue weighted by Gasteiger charge is -2.18. The molecular weight excluding hydrogens is 128 g/mol. The Bertz CT molecular complexity index is 76.3. The summed E-state index contributed by atoms with van der Waals surface area (Å²) in [4.78, 5) is 0. The molecule has 0 unspecified atom stereocenters. The lowest BCUT2D eigenvalue weighted by molar-refractivity contribution is 0.443. The van der Waals surface area contributed by atoms with Gasteiger partial charge >= 0.3 is 0 Å². The Labute approximate surface area is 62.1 Å². The fraction of sp³-hybridized carbons (Fsp3) is 1.00. The van der Waals surface area contributed by atoms with Crippen molar-refractivity contribution in [2.75, 3.05) is 19.6 Å². The first-order valence-corrected chi connectivity index (χ1v) is 3.55. The minimum absolute atomic E-state index is 0.603. The number of nitrogens with one attached hydrogen (secondary N) is 1. The molecule has 0 spiro atoms. The molecule has 0 aromatic heterocycles. The quantitative estimate of drug-likeness (QED) is 0.282. The fourth-order valence-electron chi connectivity index (χ4n) is 0.585. The van der Waals surface area contributed by atoms with Crippen molar-refractivity contribution in [1.29, 1.82) is 0 Å². The Balaban J connectivity index is 3.04. The van der Waals surface area contributed by atoms with Crippen molar-refractivity contribution in [1.82, 2.24) is 5.32 Å². The Morgan fingerprint density at radius 3 is 2.40 bits per heavy atom. The summed E-state index contributed by atoms with van der Waals surface area (Å²) in [5.41, 5.74) is 15.7. The maximum atomic E-state index is 5.50. The highest BCUT2D eigenvalue weighted by Gasteiger charge is 2.08. The molecule has 0 aliphatic rings. The highest BCUT2D eigenvalue weighted by molar-refractivity contribution is 4.72. The number of nitrogens with two attached hydrogens (primary N) is 3. The molecule has 10 heavy (non-hydrogen) atoms. The molecule has 0 atom stereocenters. The second-order valence-corrected chi connectivity index (χ2v) is 2.82. The van der Waals surface area contributed by atoms with Crippen LogP contribution < -0.4 is 22.5 Å². The molecular formula is C6H18N4. The van der Waals surface area contributed by atoms with Gasteiger partial charge in [0.1, 0.15) is 0 Å². The van der Waals surface area contributed by atoms with E-state index in [0.717, 1.165) is 13.0 Å². The SMILES string of the molecule is CC(N)(N)CNCCCN. The second-order valence-electron chi connectivity index (χ2n) is 2.82. The standard InChI is InChI=1S/C6H18N4/c1-6(8,9)5-10-4-2-3-7/h10H,2-5,7-9H2,1H3. The molecule has 0 aromatic rings. The fourth-order valence-corrected chi connectivity index (χ4v) is 0.585. The van der Waals surface area contributed by atoms with Crippen molar-refractivity contribution >= 4 is 0 Å². The Morgan fingerprint density at radius 2 is 2.00 bits per heavy atom. The summed E-state index contributed by atoms with van der Waals surface area (Å²) in [6.45, 7) is 4.01. The number of hydrogen-bond acceptors (Lipinski definition) is 4. The van der Waals surface area contributed by atoms with Crippen LogP contribution in [-0.4, -0.2) is 25.3 Å². The van der Waals surface area contributed by atoms with Crippen molar-refractivity contribution in [3.63, 3.8) is 0 Å². The zero-order valence-corrected chi connectivity index (χ0v) is 6.56. The van der Waals surface area contributed by atoms with Crippen molar-refractivity contribution in [3.05, 3.63) is 0 Å². The molecule has 4 heteroatoms. The predicted octanol–water partition coefficient (Wildman–Crippen LogP) is -1.44. The van der Waals surface area contributed by atoms with Gasteiger partial charge in [-0.15, -0.1) is 0 Å². The molecule has 0 aliphatic carbocycles. The second kappa shape index (κ2) is 4.62. The maximum Gasteiger partial charge on any atom is 0.0735 e. The van der Waals surface area contributed by atoms with Gasteiger partial charge in [-0.2, -0.15) is 0 Å². The molecule has 0 amide bonds. The lowest BCUT2D eigenvalue weighted by atomic mass is 10.2. The normalized spacial score (nSPS) is 12.0. The molecule has 0 saturated carbocycles. The summed E-state index contributed by atoms with van der Waals surface area (Å²) in [5, 5.41) is 3.10. The zero-order chi connectivity index (χ0) is 8.04. The van der Waals surface area contributed by atoms with Gasteiger partial charge in [-0.3, -0.25) is 0 Å². The van der Waals surface area contributed by atoms with Crippen LogP contribution >= 0.6 is 0 Å². The third-order valence-electron chi connectivity index (χ3n) is 1.06. The van der Waals surface area contributed by atoms with Crippen molar-refractivity contribution < 1.29 is 0 Å². The molecule has 0 heterocycles. The molecule has 0 rings (SSSR count). The van der Waals surface area contributed by atoms with Crippen molar-refractivity contribution in [2.45, 2.75) is 19.0 Å². The summed E-state index contributed by atoms with van der Waals surface area (Å²) >= 11 is 0. The van der Waals surface area contributed by atoms with Crippen LogP contribution in [0, 0.1) is 0 Å². The monoisotopic (exact) mass is 146 g/mol. The summed E-state index contributed by atoms with van der Waals surface area (Å²) in [6.07, 6.45) is 0.968. The van der Waals surface area contributed by atoms with Crippen LogP contribution in [0.1, 0.15) is 13.3 Å². The molecule has 0 bridgehead atoms. The van der Waals surface area contributed by atoms with Crippen molar-refractivity contribution in [2.24, 2.45) is 17.2 Å². The molecule has 4 nitrogen and oxygen atoms in total. The Hall–Kier alpha value is -0.160. The van der Waals surface area contributed by atoms with Gasteiger partial charge in [0.25, 0.3) is 0 Å². The van der Waals surface area contributed by atoms with E-state index >= 15 is 0 Å². The lowest BCUT2D eigenvalue weighted by Crippen LogP contribution is -2.54. The van der Waals surface area contributed by atoms with Gasteiger partial charge < -0.3 is 22.5 Å². The first-order chi connectivity index (χ1) is 4.56. The summed E-state index contributed by atoms with van der Waals surface area (Å²) < 4.78 is 0. The van der Waals surface area contributed by atoms with Gasteiger partial charge in [0, 0.05) is 6.54 Å². The zero-order valence-electron chi connectivity index (χ0n) is 6.56. The minimum atomic E-state index is -0.603. The van der Waals surface area contributed by atoms with Crippen molar-refractivity contribution in [3.8, 4) is 0 Å². The third-order valence-corrected chi connectivity index (χ3v) is 1.06. The van der Waals surface area contributed by atoms with Crippen LogP contribution in [0.15, 0.2) is 0 Å². The van der Waals surface area contributed by atoms with Gasteiger partial charge in [-0.25, -0.2) is 0 Å². The van der Waals surface area contributed by atoms with E-state index in [1.54, 1.807) is 6.92 Å². The van der Waals surface area contributed by atoms with Gasteiger partial charge in [0.2, 0.25) is 0 Å². The first-order valence-electron chi connectivity index (χ1n) is 3.55. The molecule has 62 valence electrons. The van der Waals surface area contributed by atoms with Crippen LogP contribution in [-0.2, 0) is 0 Å². The van der Waals surface area contributed by atoms with Gasteiger partial charge in [0.05, 0.1) is 5.66 Å². The van der Waals surface area contributed by atoms with E-state index in [4.69, 9.17) is 17.2 Å². The molecule has 0 aromatic carbocycles. The summed E-state index contributed by atoms with van der Waals surface area (Å²) in [7, 11) is 0. The molecule has 0 fully saturated rings. The smallest absolute Gasteiger partial charge is 0.0735 e. The van der Waals surface area contributed by atoms with E-state index < -0.39 is 5.66 Å². The van der Waals surface area contributed by atoms with E-state index in [-0.39, 0.29) is 0 Å². The number of hydrogen-bond donors (Lipinski definition) is 4. The average molecular weight is 146 g/mol. The van der Waals surface area contributed by atoms with Crippen LogP contribution in [0.2, 0.25) is 0 Å². The predicted molar refractivity (Wildman–Crippen MR) is 43.3 cm³/mol. The molecule has 0 saturated heterocycles. The van der Waals surface area contributed by atoms with Crippen LogP contribution in [0.3, 0.4) is 0 Å². The van der Waals surface area contributed by atoms with Crippen LogP contribution in [0.4, 0.5) is 0 Å². The Kier molecular flexibility index (Phi) is 4.55. The summed E-state index contributed by atoms with van der Waals surface area (Å²) in [6, 6.07) is 0. The third kappa shape index (κ3) is 7.84. The highest BCUT2D eigenvalue weighted by atomic mass is 15.0. The number of rotatable bonds is 5. The van der Waals surface area contributed by atoms with Gasteiger partial charge in [-0.05, 0) is 26.4 Å². The van der Waals surface area contributed by atoms with E-state index in [0.29, 0.717) is 13.1 Å². The van der Waals surface area contributed by atoms with E-state index in [1.807, 2.05) is 0 Å². The molecule has 0 aliphatic heterocycles. The van der Waals surface area contributed by atoms with E-state index in [1.165, 1.54) is 0 Å². The van der Waals surface area contributed by atoms with Gasteiger partial charge in [-0.1, -0.05) is 0 Å². The minimum Gasteiger partial charge on any atom is -0.330 e. The first kappa shape index (κ1) is 9.84. The molecule has 0 radical (unpaired) electrons. The van der Waals surface area contributed by atoms with Gasteiger partial charge in [0.15, 0.2) is 0 Å². The maximum absolute atomic E-state index is 5.50.